The molecule has 6 N–H and O–H groups in total. The van der Waals surface area contributed by atoms with Crippen molar-refractivity contribution in [3.8, 4) is 22.3 Å². The number of carbonyl (C=O) groups is 9. The lowest BCUT2D eigenvalue weighted by Crippen LogP contribution is -2.47. The number of ketones is 2. The van der Waals surface area contributed by atoms with Crippen LogP contribution in [-0.2, 0) is 100 Å². The van der Waals surface area contributed by atoms with Gasteiger partial charge in [-0.05, 0) is 274 Å². The maximum atomic E-state index is 13.9. The average molecular weight is 1990 g/mol. The fourth-order valence-electron chi connectivity index (χ4n) is 15.3. The zero-order valence-electron chi connectivity index (χ0n) is 70.6. The van der Waals surface area contributed by atoms with Crippen LogP contribution in [0, 0.1) is 64.7 Å². The molecule has 3 aliphatic carbocycles. The highest BCUT2D eigenvalue weighted by atomic mass is 79.9. The molecular weight excluding hydrogens is 1890 g/mol. The van der Waals surface area contributed by atoms with Gasteiger partial charge in [0, 0.05) is 132 Å². The van der Waals surface area contributed by atoms with E-state index < -0.39 is 53.5 Å². The average Bonchev–Trinajstić information content (AvgIpc) is 1.55. The van der Waals surface area contributed by atoms with Crippen molar-refractivity contribution in [1.82, 2.24) is 69.1 Å². The second-order valence-corrected chi connectivity index (χ2v) is 37.8. The molecule has 9 atom stereocenters. The number of ether oxygens (including phenoxy) is 2. The van der Waals surface area contributed by atoms with E-state index in [1.54, 1.807) is 60.0 Å². The summed E-state index contributed by atoms with van der Waals surface area (Å²) >= 11 is 25.5. The van der Waals surface area contributed by atoms with Gasteiger partial charge in [0.25, 0.3) is 0 Å². The minimum atomic E-state index is -1.01. The van der Waals surface area contributed by atoms with Gasteiger partial charge < -0.3 is 41.0 Å². The Balaban J connectivity index is 0.000000221. The summed E-state index contributed by atoms with van der Waals surface area (Å²) in [6, 6.07) is 17.1. The van der Waals surface area contributed by atoms with Crippen molar-refractivity contribution >= 4 is 208 Å². The standard InChI is InChI=1S/C30H30BrN7O3.C18H24BrN3O3.C17H16N4O3.C12H19NO4.C6H7BrN2.CH4.S3.S2.H2S/c1-15-6-7-24(31)34-28(15)35-29(41)22-10-30(5)11-23(30)38(22)25(40)14-37-27-16(2)8-19(20-12-32-18(4)33-13-20)9-21(27)26(36-37)17(3)39;1-10-6-7-13(19)20-14(10)21-15(23)11-8-18(5)9-12(18)22(11)16(24)25-17(2,3)4;1-9-4-12(13-6-18-11(3)19-7-13)5-14-16(10(2)22)20-21(17(9)14)8-15(23)24;1-11(2,3)17-10(16)13-7(9(14)15)5-12(4)6-8(12)13;1-4-2-3-5(7)9-6(4)8;;1-3-2;1-2;/h6-9,12-13,22-23H,10-11,14H2,1-5H3,(H,34,35,41);6-7,11-12H,8-9H2,1-5H3,(H,20,21,23);4-7H,8H2,1-3H3,(H,23,24);7-8H,5-6H2,1-4H3,(H,14,15);2-3H,1H3,(H2,8,9);1H4;;;1H2/t22-,23+,30-;11-,12+,18-;;7-,8+,12-;;;;;/m00.0...../s1. The first-order valence-electron chi connectivity index (χ1n) is 38.3. The number of carboxylic acids is 2. The van der Waals surface area contributed by atoms with Crippen LogP contribution >= 0.6 is 61.3 Å². The number of hydrogen-bond acceptors (Lipinski definition) is 25. The lowest BCUT2D eigenvalue weighted by Gasteiger charge is -2.29. The number of aryl methyl sites for hydroxylation is 7. The molecule has 2 aromatic carbocycles. The second-order valence-electron chi connectivity index (χ2n) is 33.6. The molecule has 0 spiro atoms. The zero-order chi connectivity index (χ0) is 89.8. The summed E-state index contributed by atoms with van der Waals surface area (Å²) in [5.74, 6) is -0.107. The van der Waals surface area contributed by atoms with Crippen molar-refractivity contribution in [3.63, 3.8) is 0 Å². The van der Waals surface area contributed by atoms with Gasteiger partial charge in [0.05, 0.1) is 11.0 Å². The number of pyridine rings is 3. The molecule has 0 unspecified atom stereocenters. The van der Waals surface area contributed by atoms with Crippen LogP contribution < -0.4 is 16.4 Å². The number of likely N-dealkylation sites (tertiary alicyclic amines) is 3. The number of hydrogen-bond donors (Lipinski definition) is 5. The lowest BCUT2D eigenvalue weighted by molar-refractivity contribution is -0.143. The van der Waals surface area contributed by atoms with Crippen molar-refractivity contribution < 1.29 is 62.8 Å². The number of nitrogen functional groups attached to an aromatic ring is 1. The number of benzene rings is 2. The Morgan fingerprint density at radius 2 is 0.846 bits per heavy atom. The number of nitrogens with one attached hydrogen (secondary N) is 2. The molecule has 9 aromatic rings. The summed E-state index contributed by atoms with van der Waals surface area (Å²) in [4.78, 5) is 146. The molecule has 658 valence electrons. The molecule has 30 nitrogen and oxygen atoms in total. The van der Waals surface area contributed by atoms with Crippen molar-refractivity contribution in [2.75, 3.05) is 16.4 Å². The molecular formula is C84H102Br3N17O13S6. The number of aromatic nitrogens is 11. The fourth-order valence-corrected chi connectivity index (χ4v) is 16.2. The number of amides is 5. The largest absolute Gasteiger partial charge is 0.480 e. The molecule has 3 saturated heterocycles. The van der Waals surface area contributed by atoms with Crippen LogP contribution in [0.15, 0.2) is 99.3 Å². The number of halogens is 3. The smallest absolute Gasteiger partial charge is 0.411 e. The van der Waals surface area contributed by atoms with Crippen molar-refractivity contribution in [2.24, 2.45) is 16.2 Å². The van der Waals surface area contributed by atoms with Crippen molar-refractivity contribution in [1.29, 1.82) is 0 Å². The van der Waals surface area contributed by atoms with Gasteiger partial charge in [0.2, 0.25) is 17.7 Å². The first-order chi connectivity index (χ1) is 56.6. The molecule has 15 rings (SSSR count). The maximum absolute atomic E-state index is 13.9. The van der Waals surface area contributed by atoms with Crippen LogP contribution in [0.25, 0.3) is 44.1 Å². The van der Waals surface area contributed by atoms with E-state index in [1.165, 1.54) is 23.4 Å². The third-order valence-corrected chi connectivity index (χ3v) is 22.9. The van der Waals surface area contributed by atoms with Gasteiger partial charge in [-0.3, -0.25) is 47.9 Å². The monoisotopic (exact) mass is 1990 g/mol. The number of carbonyl (C=O) groups excluding carboxylic acids is 7. The van der Waals surface area contributed by atoms with Crippen LogP contribution in [0.1, 0.15) is 183 Å². The van der Waals surface area contributed by atoms with E-state index in [0.29, 0.717) is 85.1 Å². The Morgan fingerprint density at radius 1 is 0.512 bits per heavy atom. The van der Waals surface area contributed by atoms with Crippen molar-refractivity contribution in [2.45, 2.75) is 231 Å². The summed E-state index contributed by atoms with van der Waals surface area (Å²) < 4.78 is 15.8. The van der Waals surface area contributed by atoms with Gasteiger partial charge in [-0.25, -0.2) is 49.3 Å². The number of nitrogens with two attached hydrogens (primary N) is 1. The Morgan fingerprint density at radius 3 is 1.19 bits per heavy atom. The Hall–Kier alpha value is -9.09. The van der Waals surface area contributed by atoms with Crippen LogP contribution in [0.2, 0.25) is 0 Å². The Kier molecular flexibility index (Phi) is 33.6. The number of aliphatic carboxylic acids is 2. The topological polar surface area (TPSA) is 398 Å². The van der Waals surface area contributed by atoms with E-state index in [1.807, 2.05) is 137 Å². The van der Waals surface area contributed by atoms with Gasteiger partial charge in [0.1, 0.15) is 96.7 Å². The van der Waals surface area contributed by atoms with Gasteiger partial charge in [-0.2, -0.15) is 23.7 Å². The predicted molar refractivity (Wildman–Crippen MR) is 499 cm³/mol. The van der Waals surface area contributed by atoms with E-state index in [0.717, 1.165) is 82.8 Å². The number of fused-ring (bicyclic) bond motifs is 5. The molecule has 6 aliphatic rings. The number of anilines is 3. The molecule has 0 bridgehead atoms. The summed E-state index contributed by atoms with van der Waals surface area (Å²) in [6.45, 7) is 32.7. The minimum Gasteiger partial charge on any atom is -0.480 e. The summed E-state index contributed by atoms with van der Waals surface area (Å²) in [6.07, 6.45) is 10.5. The van der Waals surface area contributed by atoms with Gasteiger partial charge in [-0.15, -0.1) is 0 Å². The molecule has 123 heavy (non-hydrogen) atoms. The minimum absolute atomic E-state index is 0. The summed E-state index contributed by atoms with van der Waals surface area (Å²) in [7, 11) is 0.917. The fraction of sp³-hybridized carbons (Fsp3) is 0.452. The highest BCUT2D eigenvalue weighted by molar-refractivity contribution is 9.11. The third-order valence-electron chi connectivity index (χ3n) is 21.5. The number of nitrogens with zero attached hydrogens (tertiary/aromatic N) is 14. The summed E-state index contributed by atoms with van der Waals surface area (Å²) in [5.41, 5.74) is 13.9. The lowest BCUT2D eigenvalue weighted by atomic mass is 10.0. The zero-order valence-corrected chi connectivity index (χ0v) is 80.4. The molecule has 10 heterocycles. The molecule has 3 aliphatic heterocycles. The van der Waals surface area contributed by atoms with Gasteiger partial charge >= 0.3 is 24.1 Å². The predicted octanol–water partition coefficient (Wildman–Crippen LogP) is 15.4. The molecule has 5 amide bonds. The number of carboxylic acid groups (broad SMARTS) is 2. The number of rotatable bonds is 13. The van der Waals surface area contributed by atoms with Gasteiger partial charge in [-0.1, -0.05) is 46.4 Å². The van der Waals surface area contributed by atoms with Crippen LogP contribution in [0.5, 0.6) is 0 Å². The Bertz CT molecular complexity index is 5600. The SMILES string of the molecule is C.CC(=O)c1nn(CC(=O)N2[C@H](C(=O)Nc3nc(Br)ccc3C)C[C@@]3(C)C[C@@H]23)c2c(C)cc(-c3cnc(C)nc3)cc12.CC(=O)c1nn(CC(=O)O)c2c(C)cc(-c3cnc(C)nc3)cc12.CC(C)(C)OC(=O)N1[C@H](C(=O)O)C[C@@]2(C)C[C@@H]12.Cc1ccc(Br)nc1N.Cc1ccc(Br)nc1NC(=O)[C@@H]1C[C@@]2(C)C[C@H]2N1C(=O)OC(C)(C)C.S.S=S.S=S=S. The van der Waals surface area contributed by atoms with E-state index in [-0.39, 0.29) is 103 Å². The quantitative estimate of drug-likeness (QED) is 0.0528. The van der Waals surface area contributed by atoms with E-state index in [9.17, 15) is 43.2 Å². The third kappa shape index (κ3) is 24.5. The molecule has 39 heteroatoms. The number of piperidine rings is 3. The van der Waals surface area contributed by atoms with Crippen LogP contribution in [0.3, 0.4) is 0 Å². The van der Waals surface area contributed by atoms with Crippen LogP contribution in [0.4, 0.5) is 27.0 Å². The maximum Gasteiger partial charge on any atom is 0.411 e. The highest BCUT2D eigenvalue weighted by Gasteiger charge is 2.67. The first-order valence-corrected chi connectivity index (χ1v) is 44.7. The molecule has 0 radical (unpaired) electrons. The molecule has 6 fully saturated rings. The molecule has 3 saturated carbocycles. The van der Waals surface area contributed by atoms with Crippen molar-refractivity contribution in [3.05, 3.63) is 150 Å². The van der Waals surface area contributed by atoms with E-state index in [4.69, 9.17) is 25.4 Å². The summed E-state index contributed by atoms with van der Waals surface area (Å²) in [5, 5.41) is 34.1. The highest BCUT2D eigenvalue weighted by Crippen LogP contribution is 2.61. The van der Waals surface area contributed by atoms with Crippen LogP contribution in [-0.4, -0.2) is 180 Å². The normalized spacial score (nSPS) is 20.5. The number of Topliss-reactive ketones (excluding diaryl/α,β-unsaturated/α-hetero) is 2. The first kappa shape index (κ1) is 101. The van der Waals surface area contributed by atoms with Gasteiger partial charge in [0.15, 0.2) is 11.6 Å². The molecule has 7 aromatic heterocycles. The van der Waals surface area contributed by atoms with E-state index in [2.05, 4.69) is 162 Å². The van der Waals surface area contributed by atoms with E-state index >= 15 is 0 Å². The second kappa shape index (κ2) is 40.9. The Labute approximate surface area is 769 Å².